The number of halogens is 3. The van der Waals surface area contributed by atoms with Crippen molar-refractivity contribution < 1.29 is 27.5 Å². The van der Waals surface area contributed by atoms with Crippen LogP contribution in [0.1, 0.15) is 6.42 Å². The van der Waals surface area contributed by atoms with Gasteiger partial charge in [0.05, 0.1) is 6.42 Å². The van der Waals surface area contributed by atoms with Crippen molar-refractivity contribution in [2.24, 2.45) is 0 Å². The molecule has 1 aliphatic rings. The molecule has 0 spiro atoms. The molecule has 2 amide bonds. The Labute approximate surface area is 112 Å². The van der Waals surface area contributed by atoms with Crippen molar-refractivity contribution >= 4 is 17.5 Å². The average molecular weight is 288 g/mol. The number of imide groups is 1. The summed E-state index contributed by atoms with van der Waals surface area (Å²) in [5, 5.41) is 2.68. The lowest BCUT2D eigenvalue weighted by molar-refractivity contribution is -0.136. The lowest BCUT2D eigenvalue weighted by Crippen LogP contribution is -2.31. The van der Waals surface area contributed by atoms with E-state index in [1.807, 2.05) is 0 Å². The van der Waals surface area contributed by atoms with Crippen molar-refractivity contribution in [2.75, 3.05) is 12.4 Å². The maximum absolute atomic E-state index is 13.5. The van der Waals surface area contributed by atoms with Crippen LogP contribution in [-0.2, 0) is 9.59 Å². The molecule has 1 aromatic rings. The molecule has 108 valence electrons. The molecule has 1 aliphatic heterocycles. The highest BCUT2D eigenvalue weighted by Gasteiger charge is 2.35. The Morgan fingerprint density at radius 1 is 1.40 bits per heavy atom. The number of hydrogen-bond acceptors (Lipinski definition) is 4. The molecular weight excluding hydrogens is 277 g/mol. The van der Waals surface area contributed by atoms with Crippen LogP contribution in [0.5, 0.6) is 5.75 Å². The van der Waals surface area contributed by atoms with Crippen molar-refractivity contribution in [2.45, 2.75) is 19.1 Å². The predicted molar refractivity (Wildman–Crippen MR) is 62.8 cm³/mol. The predicted octanol–water partition coefficient (Wildman–Crippen LogP) is 1.60. The van der Waals surface area contributed by atoms with E-state index in [1.165, 1.54) is 13.1 Å². The maximum atomic E-state index is 13.5. The first-order valence-corrected chi connectivity index (χ1v) is 5.70. The number of nitrogens with one attached hydrogen (secondary N) is 1. The first-order valence-electron chi connectivity index (χ1n) is 5.70. The van der Waals surface area contributed by atoms with Gasteiger partial charge < -0.3 is 10.1 Å². The molecule has 0 saturated carbocycles. The Morgan fingerprint density at radius 3 is 2.60 bits per heavy atom. The highest BCUT2D eigenvalue weighted by Crippen LogP contribution is 2.24. The van der Waals surface area contributed by atoms with Gasteiger partial charge in [-0.05, 0) is 12.1 Å². The molecule has 1 fully saturated rings. The molecule has 0 bridgehead atoms. The van der Waals surface area contributed by atoms with Gasteiger partial charge in [0, 0.05) is 18.8 Å². The lowest BCUT2D eigenvalue weighted by Gasteiger charge is -2.13. The normalized spacial score (nSPS) is 18.9. The SMILES string of the molecule is CN1C(=O)CC(Nc2ccc(OC(F)F)c(F)c2)C1=O. The van der Waals surface area contributed by atoms with Crippen LogP contribution in [0, 0.1) is 5.82 Å². The molecule has 0 aliphatic carbocycles. The average Bonchev–Trinajstić information content (AvgIpc) is 2.60. The molecule has 1 atom stereocenters. The number of carbonyl (C=O) groups is 2. The van der Waals surface area contributed by atoms with Crippen LogP contribution < -0.4 is 10.1 Å². The van der Waals surface area contributed by atoms with Crippen molar-refractivity contribution in [3.05, 3.63) is 24.0 Å². The second-order valence-corrected chi connectivity index (χ2v) is 4.22. The third-order valence-corrected chi connectivity index (χ3v) is 2.87. The molecule has 1 heterocycles. The topological polar surface area (TPSA) is 58.6 Å². The summed E-state index contributed by atoms with van der Waals surface area (Å²) in [5.74, 6) is -2.34. The first kappa shape index (κ1) is 14.2. The monoisotopic (exact) mass is 288 g/mol. The number of ether oxygens (including phenoxy) is 1. The summed E-state index contributed by atoms with van der Waals surface area (Å²) in [6.45, 7) is -3.12. The van der Waals surface area contributed by atoms with Gasteiger partial charge in [0.25, 0.3) is 5.91 Å². The van der Waals surface area contributed by atoms with Crippen LogP contribution in [0.3, 0.4) is 0 Å². The largest absolute Gasteiger partial charge is 0.432 e. The van der Waals surface area contributed by atoms with Gasteiger partial charge in [0.2, 0.25) is 5.91 Å². The van der Waals surface area contributed by atoms with E-state index in [9.17, 15) is 22.8 Å². The number of rotatable bonds is 4. The zero-order valence-electron chi connectivity index (χ0n) is 10.4. The minimum absolute atomic E-state index is 0.0355. The number of amides is 2. The van der Waals surface area contributed by atoms with E-state index in [2.05, 4.69) is 10.1 Å². The molecule has 1 saturated heterocycles. The Kier molecular flexibility index (Phi) is 3.82. The van der Waals surface area contributed by atoms with E-state index in [4.69, 9.17) is 0 Å². The second-order valence-electron chi connectivity index (χ2n) is 4.22. The van der Waals surface area contributed by atoms with Crippen LogP contribution in [0.25, 0.3) is 0 Å². The fourth-order valence-corrected chi connectivity index (χ4v) is 1.85. The Bertz CT molecular complexity index is 551. The lowest BCUT2D eigenvalue weighted by atomic mass is 10.2. The quantitative estimate of drug-likeness (QED) is 0.855. The van der Waals surface area contributed by atoms with Gasteiger partial charge in [-0.1, -0.05) is 0 Å². The summed E-state index contributed by atoms with van der Waals surface area (Å²) in [6, 6.07) is 2.45. The number of hydrogen-bond donors (Lipinski definition) is 1. The van der Waals surface area contributed by atoms with Gasteiger partial charge in [-0.15, -0.1) is 0 Å². The van der Waals surface area contributed by atoms with Gasteiger partial charge in [-0.25, -0.2) is 4.39 Å². The highest BCUT2D eigenvalue weighted by atomic mass is 19.3. The number of likely N-dealkylation sites (N-methyl/N-ethyl adjacent to an activating group) is 1. The number of nitrogens with zero attached hydrogens (tertiary/aromatic N) is 1. The van der Waals surface area contributed by atoms with E-state index in [-0.39, 0.29) is 18.0 Å². The number of alkyl halides is 2. The molecule has 1 unspecified atom stereocenters. The van der Waals surface area contributed by atoms with Crippen LogP contribution in [0.4, 0.5) is 18.9 Å². The summed E-state index contributed by atoms with van der Waals surface area (Å²) >= 11 is 0. The third kappa shape index (κ3) is 2.84. The number of benzene rings is 1. The summed E-state index contributed by atoms with van der Waals surface area (Å²) in [5.41, 5.74) is 0.200. The van der Waals surface area contributed by atoms with Crippen LogP contribution >= 0.6 is 0 Å². The molecule has 0 radical (unpaired) electrons. The molecular formula is C12H11F3N2O3. The first-order chi connectivity index (χ1) is 9.38. The van der Waals surface area contributed by atoms with Gasteiger partial charge in [0.1, 0.15) is 6.04 Å². The minimum atomic E-state index is -3.12. The second kappa shape index (κ2) is 5.40. The van der Waals surface area contributed by atoms with Crippen molar-refractivity contribution in [1.29, 1.82) is 0 Å². The van der Waals surface area contributed by atoms with E-state index >= 15 is 0 Å². The molecule has 0 aromatic heterocycles. The van der Waals surface area contributed by atoms with Crippen molar-refractivity contribution in [3.8, 4) is 5.75 Å². The molecule has 20 heavy (non-hydrogen) atoms. The number of carbonyl (C=O) groups excluding carboxylic acids is 2. The van der Waals surface area contributed by atoms with Gasteiger partial charge >= 0.3 is 6.61 Å². The standard InChI is InChI=1S/C12H11F3N2O3/c1-17-10(18)5-8(11(17)19)16-6-2-3-9(7(13)4-6)20-12(14)15/h2-4,8,12,16H,5H2,1H3. The van der Waals surface area contributed by atoms with E-state index in [0.29, 0.717) is 0 Å². The fraction of sp³-hybridized carbons (Fsp3) is 0.333. The summed E-state index contributed by atoms with van der Waals surface area (Å²) in [7, 11) is 1.35. The molecule has 2 rings (SSSR count). The van der Waals surface area contributed by atoms with Crippen LogP contribution in [0.2, 0.25) is 0 Å². The molecule has 1 N–H and O–H groups in total. The Morgan fingerprint density at radius 2 is 2.10 bits per heavy atom. The number of likely N-dealkylation sites (tertiary alicyclic amines) is 1. The van der Waals surface area contributed by atoms with E-state index in [0.717, 1.165) is 17.0 Å². The summed E-state index contributed by atoms with van der Waals surface area (Å²) in [4.78, 5) is 23.9. The van der Waals surface area contributed by atoms with E-state index in [1.54, 1.807) is 0 Å². The zero-order valence-corrected chi connectivity index (χ0v) is 10.4. The summed E-state index contributed by atoms with van der Waals surface area (Å²) < 4.78 is 41.4. The molecule has 5 nitrogen and oxygen atoms in total. The van der Waals surface area contributed by atoms with E-state index < -0.39 is 30.1 Å². The maximum Gasteiger partial charge on any atom is 0.387 e. The molecule has 8 heteroatoms. The Balaban J connectivity index is 2.09. The van der Waals surface area contributed by atoms with Crippen LogP contribution in [0.15, 0.2) is 18.2 Å². The van der Waals surface area contributed by atoms with Crippen LogP contribution in [-0.4, -0.2) is 36.4 Å². The Hall–Kier alpha value is -2.25. The van der Waals surface area contributed by atoms with Gasteiger partial charge in [-0.2, -0.15) is 8.78 Å². The minimum Gasteiger partial charge on any atom is -0.432 e. The van der Waals surface area contributed by atoms with Crippen molar-refractivity contribution in [3.63, 3.8) is 0 Å². The highest BCUT2D eigenvalue weighted by molar-refractivity contribution is 6.06. The van der Waals surface area contributed by atoms with Crippen molar-refractivity contribution in [1.82, 2.24) is 4.90 Å². The summed E-state index contributed by atoms with van der Waals surface area (Å²) in [6.07, 6.45) is -0.0355. The number of anilines is 1. The molecule has 1 aromatic carbocycles. The smallest absolute Gasteiger partial charge is 0.387 e. The third-order valence-electron chi connectivity index (χ3n) is 2.87. The zero-order chi connectivity index (χ0) is 14.9. The van der Waals surface area contributed by atoms with Gasteiger partial charge in [-0.3, -0.25) is 14.5 Å². The van der Waals surface area contributed by atoms with Gasteiger partial charge in [0.15, 0.2) is 11.6 Å². The fourth-order valence-electron chi connectivity index (χ4n) is 1.85.